The van der Waals surface area contributed by atoms with Crippen LogP contribution in [0.3, 0.4) is 0 Å². The molecule has 0 atom stereocenters. The van der Waals surface area contributed by atoms with Crippen LogP contribution in [-0.4, -0.2) is 33.0 Å². The molecule has 0 fully saturated rings. The first kappa shape index (κ1) is 18.8. The number of hydrogen-bond donors (Lipinski definition) is 2. The molecule has 122 valence electrons. The zero-order valence-corrected chi connectivity index (χ0v) is 16.3. The molecule has 7 nitrogen and oxygen atoms in total. The van der Waals surface area contributed by atoms with E-state index in [9.17, 15) is 0 Å². The molecule has 2 aromatic heterocycles. The van der Waals surface area contributed by atoms with E-state index < -0.39 is 0 Å². The molecule has 0 bridgehead atoms. The first-order valence-corrected chi connectivity index (χ1v) is 7.65. The summed E-state index contributed by atoms with van der Waals surface area (Å²) < 4.78 is 1.83. The van der Waals surface area contributed by atoms with Gasteiger partial charge in [-0.1, -0.05) is 25.2 Å². The van der Waals surface area contributed by atoms with Crippen LogP contribution in [0.1, 0.15) is 35.5 Å². The third kappa shape index (κ3) is 5.20. The number of guanidine groups is 1. The van der Waals surface area contributed by atoms with Crippen molar-refractivity contribution < 1.29 is 0 Å². The minimum Gasteiger partial charge on any atom is -0.351 e. The van der Waals surface area contributed by atoms with Crippen molar-refractivity contribution in [2.24, 2.45) is 12.0 Å². The van der Waals surface area contributed by atoms with Gasteiger partial charge in [-0.05, 0) is 6.07 Å². The van der Waals surface area contributed by atoms with Crippen molar-refractivity contribution in [2.75, 3.05) is 7.05 Å². The number of aliphatic imine (C=N–C) groups is 1. The third-order valence-electron chi connectivity index (χ3n) is 2.97. The number of halogens is 1. The van der Waals surface area contributed by atoms with Gasteiger partial charge in [0, 0.05) is 26.2 Å². The minimum absolute atomic E-state index is 0. The summed E-state index contributed by atoms with van der Waals surface area (Å²) in [6, 6.07) is 1.97. The van der Waals surface area contributed by atoms with Crippen LogP contribution in [0.15, 0.2) is 17.3 Å². The molecule has 0 aromatic carbocycles. The maximum absolute atomic E-state index is 4.20. The van der Waals surface area contributed by atoms with Gasteiger partial charge in [-0.15, -0.1) is 34.2 Å². The Morgan fingerprint density at radius 2 is 2.05 bits per heavy atom. The lowest BCUT2D eigenvalue weighted by Gasteiger charge is -2.10. The number of nitrogens with zero attached hydrogens (tertiary/aromatic N) is 5. The van der Waals surface area contributed by atoms with Crippen molar-refractivity contribution in [3.8, 4) is 0 Å². The predicted molar refractivity (Wildman–Crippen MR) is 99.7 cm³/mol. The van der Waals surface area contributed by atoms with E-state index in [1.165, 1.54) is 0 Å². The summed E-state index contributed by atoms with van der Waals surface area (Å²) in [6.07, 6.45) is 1.78. The van der Waals surface area contributed by atoms with Crippen LogP contribution in [0.25, 0.3) is 0 Å². The smallest absolute Gasteiger partial charge is 0.191 e. The number of hydrogen-bond acceptors (Lipinski definition) is 5. The number of rotatable bonds is 5. The second kappa shape index (κ2) is 9.03. The van der Waals surface area contributed by atoms with E-state index in [0.717, 1.165) is 21.7 Å². The molecule has 0 aliphatic heterocycles. The molecule has 0 amide bonds. The number of nitrogens with one attached hydrogen (secondary N) is 2. The standard InChI is InChI=1S/C13H21N7S.HI/c1-9(2)12-19-18-11(21-12)8-16-13(14-3)15-7-10-5-6-17-20(10)4;/h5-6,9H,7-8H2,1-4H3,(H2,14,15,16);1H. The van der Waals surface area contributed by atoms with E-state index in [-0.39, 0.29) is 24.0 Å². The van der Waals surface area contributed by atoms with Crippen LogP contribution >= 0.6 is 35.3 Å². The molecular weight excluding hydrogens is 413 g/mol. The van der Waals surface area contributed by atoms with E-state index in [1.807, 2.05) is 17.8 Å². The third-order valence-corrected chi connectivity index (χ3v) is 4.19. The summed E-state index contributed by atoms with van der Waals surface area (Å²) in [5, 5.41) is 21.0. The molecule has 0 unspecified atom stereocenters. The summed E-state index contributed by atoms with van der Waals surface area (Å²) in [4.78, 5) is 4.20. The molecule has 2 aromatic rings. The van der Waals surface area contributed by atoms with Gasteiger partial charge in [-0.25, -0.2) is 0 Å². The lowest BCUT2D eigenvalue weighted by Crippen LogP contribution is -2.36. The quantitative estimate of drug-likeness (QED) is 0.426. The van der Waals surface area contributed by atoms with Crippen molar-refractivity contribution in [2.45, 2.75) is 32.9 Å². The van der Waals surface area contributed by atoms with Gasteiger partial charge in [0.05, 0.1) is 18.8 Å². The van der Waals surface area contributed by atoms with Crippen LogP contribution < -0.4 is 10.6 Å². The first-order chi connectivity index (χ1) is 10.1. The van der Waals surface area contributed by atoms with E-state index in [4.69, 9.17) is 0 Å². The second-order valence-electron chi connectivity index (χ2n) is 4.91. The molecule has 22 heavy (non-hydrogen) atoms. The highest BCUT2D eigenvalue weighted by molar-refractivity contribution is 14.0. The van der Waals surface area contributed by atoms with Crippen LogP contribution in [0.5, 0.6) is 0 Å². The van der Waals surface area contributed by atoms with Crippen LogP contribution in [0.4, 0.5) is 0 Å². The summed E-state index contributed by atoms with van der Waals surface area (Å²) in [5.74, 6) is 1.15. The van der Waals surface area contributed by atoms with Crippen molar-refractivity contribution in [3.63, 3.8) is 0 Å². The Kier molecular flexibility index (Phi) is 7.73. The molecular formula is C13H22IN7S. The highest BCUT2D eigenvalue weighted by Gasteiger charge is 2.08. The van der Waals surface area contributed by atoms with E-state index in [2.05, 4.69) is 44.8 Å². The van der Waals surface area contributed by atoms with Gasteiger partial charge in [0.1, 0.15) is 10.0 Å². The van der Waals surface area contributed by atoms with E-state index in [1.54, 1.807) is 24.6 Å². The predicted octanol–water partition coefficient (Wildman–Crippen LogP) is 1.88. The highest BCUT2D eigenvalue weighted by atomic mass is 127. The molecule has 2 rings (SSSR count). The largest absolute Gasteiger partial charge is 0.351 e. The molecule has 0 saturated carbocycles. The Hall–Kier alpha value is -1.23. The monoisotopic (exact) mass is 435 g/mol. The van der Waals surface area contributed by atoms with Crippen LogP contribution in [0.2, 0.25) is 0 Å². The Morgan fingerprint density at radius 1 is 1.32 bits per heavy atom. The number of aryl methyl sites for hydroxylation is 1. The van der Waals surface area contributed by atoms with Gasteiger partial charge in [-0.3, -0.25) is 9.67 Å². The lowest BCUT2D eigenvalue weighted by atomic mass is 10.2. The second-order valence-corrected chi connectivity index (χ2v) is 6.01. The zero-order valence-electron chi connectivity index (χ0n) is 13.2. The first-order valence-electron chi connectivity index (χ1n) is 6.83. The summed E-state index contributed by atoms with van der Waals surface area (Å²) in [6.45, 7) is 5.52. The van der Waals surface area contributed by atoms with Crippen molar-refractivity contribution in [1.82, 2.24) is 30.6 Å². The average molecular weight is 435 g/mol. The molecule has 0 aliphatic carbocycles. The fraction of sp³-hybridized carbons (Fsp3) is 0.538. The molecule has 0 radical (unpaired) electrons. The van der Waals surface area contributed by atoms with Crippen LogP contribution in [0, 0.1) is 0 Å². The van der Waals surface area contributed by atoms with Crippen molar-refractivity contribution in [3.05, 3.63) is 28.0 Å². The maximum atomic E-state index is 4.20. The summed E-state index contributed by atoms with van der Waals surface area (Å²) in [5.41, 5.74) is 1.09. The van der Waals surface area contributed by atoms with Gasteiger partial charge < -0.3 is 10.6 Å². The zero-order chi connectivity index (χ0) is 15.2. The Balaban J connectivity index is 0.00000242. The van der Waals surface area contributed by atoms with Gasteiger partial charge in [-0.2, -0.15) is 5.10 Å². The molecule has 0 spiro atoms. The fourth-order valence-corrected chi connectivity index (χ4v) is 2.49. The Morgan fingerprint density at radius 3 is 2.59 bits per heavy atom. The van der Waals surface area contributed by atoms with Crippen LogP contribution in [-0.2, 0) is 20.1 Å². The van der Waals surface area contributed by atoms with E-state index >= 15 is 0 Å². The minimum atomic E-state index is 0. The van der Waals surface area contributed by atoms with Gasteiger partial charge >= 0.3 is 0 Å². The molecule has 0 aliphatic rings. The summed E-state index contributed by atoms with van der Waals surface area (Å²) in [7, 11) is 3.67. The topological polar surface area (TPSA) is 80.0 Å². The van der Waals surface area contributed by atoms with Crippen molar-refractivity contribution in [1.29, 1.82) is 0 Å². The average Bonchev–Trinajstić information content (AvgIpc) is 3.08. The molecule has 9 heteroatoms. The highest BCUT2D eigenvalue weighted by Crippen LogP contribution is 2.18. The Bertz CT molecular complexity index is 605. The van der Waals surface area contributed by atoms with Gasteiger partial charge in [0.2, 0.25) is 0 Å². The Labute approximate surface area is 151 Å². The van der Waals surface area contributed by atoms with E-state index in [0.29, 0.717) is 19.0 Å². The lowest BCUT2D eigenvalue weighted by molar-refractivity contribution is 0.683. The maximum Gasteiger partial charge on any atom is 0.191 e. The molecule has 2 N–H and O–H groups in total. The van der Waals surface area contributed by atoms with Gasteiger partial charge in [0.25, 0.3) is 0 Å². The molecule has 2 heterocycles. The summed E-state index contributed by atoms with van der Waals surface area (Å²) >= 11 is 1.63. The SMILES string of the molecule is CN=C(NCc1nnc(C(C)C)s1)NCc1ccnn1C.I. The van der Waals surface area contributed by atoms with Crippen molar-refractivity contribution >= 4 is 41.3 Å². The van der Waals surface area contributed by atoms with Gasteiger partial charge in [0.15, 0.2) is 5.96 Å². The fourth-order valence-electron chi connectivity index (χ4n) is 1.70. The molecule has 0 saturated heterocycles. The normalized spacial score (nSPS) is 11.4. The number of aromatic nitrogens is 4.